The summed E-state index contributed by atoms with van der Waals surface area (Å²) in [7, 11) is 2.06. The summed E-state index contributed by atoms with van der Waals surface area (Å²) in [5, 5.41) is 3.28. The standard InChI is InChI=1S/C12H26N2/c1-11(2)5-4-7-14-8-6-12(10-14)9-13-3/h11-13H,4-10H2,1-3H3. The molecule has 1 heterocycles. The van der Waals surface area contributed by atoms with Crippen molar-refractivity contribution in [1.29, 1.82) is 0 Å². The van der Waals surface area contributed by atoms with E-state index in [1.54, 1.807) is 0 Å². The third-order valence-electron chi connectivity index (χ3n) is 3.12. The number of nitrogens with one attached hydrogen (secondary N) is 1. The van der Waals surface area contributed by atoms with E-state index in [0.717, 1.165) is 11.8 Å². The van der Waals surface area contributed by atoms with E-state index >= 15 is 0 Å². The number of likely N-dealkylation sites (tertiary alicyclic amines) is 1. The van der Waals surface area contributed by atoms with Gasteiger partial charge in [-0.25, -0.2) is 0 Å². The summed E-state index contributed by atoms with van der Waals surface area (Å²) in [5.41, 5.74) is 0. The average molecular weight is 198 g/mol. The number of nitrogens with zero attached hydrogens (tertiary/aromatic N) is 1. The van der Waals surface area contributed by atoms with Gasteiger partial charge in [-0.15, -0.1) is 0 Å². The van der Waals surface area contributed by atoms with Crippen LogP contribution in [0.1, 0.15) is 33.1 Å². The van der Waals surface area contributed by atoms with Crippen LogP contribution in [0.25, 0.3) is 0 Å². The van der Waals surface area contributed by atoms with Crippen LogP contribution in [0.4, 0.5) is 0 Å². The monoisotopic (exact) mass is 198 g/mol. The highest BCUT2D eigenvalue weighted by atomic mass is 15.1. The Kier molecular flexibility index (Phi) is 5.49. The molecule has 1 saturated heterocycles. The molecule has 0 aliphatic carbocycles. The van der Waals surface area contributed by atoms with Gasteiger partial charge in [0.15, 0.2) is 0 Å². The normalized spacial score (nSPS) is 23.6. The summed E-state index contributed by atoms with van der Waals surface area (Å²) in [5.74, 6) is 1.77. The second-order valence-corrected chi connectivity index (χ2v) is 5.05. The Morgan fingerprint density at radius 1 is 1.43 bits per heavy atom. The molecule has 0 saturated carbocycles. The summed E-state index contributed by atoms with van der Waals surface area (Å²) in [6, 6.07) is 0. The van der Waals surface area contributed by atoms with Crippen LogP contribution >= 0.6 is 0 Å². The van der Waals surface area contributed by atoms with Crippen molar-refractivity contribution in [3.8, 4) is 0 Å². The molecule has 0 aromatic heterocycles. The van der Waals surface area contributed by atoms with Crippen molar-refractivity contribution >= 4 is 0 Å². The van der Waals surface area contributed by atoms with Gasteiger partial charge in [0.1, 0.15) is 0 Å². The quantitative estimate of drug-likeness (QED) is 0.702. The Bertz CT molecular complexity index is 145. The van der Waals surface area contributed by atoms with Gasteiger partial charge in [0.25, 0.3) is 0 Å². The predicted molar refractivity (Wildman–Crippen MR) is 62.5 cm³/mol. The van der Waals surface area contributed by atoms with Gasteiger partial charge in [0.05, 0.1) is 0 Å². The maximum absolute atomic E-state index is 3.28. The highest BCUT2D eigenvalue weighted by Gasteiger charge is 2.20. The molecule has 2 nitrogen and oxygen atoms in total. The van der Waals surface area contributed by atoms with Crippen molar-refractivity contribution in [3.05, 3.63) is 0 Å². The largest absolute Gasteiger partial charge is 0.319 e. The van der Waals surface area contributed by atoms with Crippen LogP contribution in [0.3, 0.4) is 0 Å². The zero-order valence-electron chi connectivity index (χ0n) is 10.1. The molecule has 0 radical (unpaired) electrons. The second kappa shape index (κ2) is 6.41. The minimum Gasteiger partial charge on any atom is -0.319 e. The fourth-order valence-electron chi connectivity index (χ4n) is 2.29. The zero-order valence-corrected chi connectivity index (χ0v) is 10.1. The van der Waals surface area contributed by atoms with E-state index in [0.29, 0.717) is 0 Å². The van der Waals surface area contributed by atoms with Crippen molar-refractivity contribution in [2.45, 2.75) is 33.1 Å². The van der Waals surface area contributed by atoms with Crippen LogP contribution in [0.15, 0.2) is 0 Å². The molecule has 1 aliphatic heterocycles. The third kappa shape index (κ3) is 4.43. The minimum atomic E-state index is 0.866. The van der Waals surface area contributed by atoms with Crippen molar-refractivity contribution in [1.82, 2.24) is 10.2 Å². The topological polar surface area (TPSA) is 15.3 Å². The van der Waals surface area contributed by atoms with Crippen LogP contribution in [0, 0.1) is 11.8 Å². The summed E-state index contributed by atoms with van der Waals surface area (Å²) in [6.07, 6.45) is 4.15. The molecule has 1 fully saturated rings. The summed E-state index contributed by atoms with van der Waals surface area (Å²) in [6.45, 7) is 9.78. The van der Waals surface area contributed by atoms with Crippen molar-refractivity contribution in [3.63, 3.8) is 0 Å². The first-order chi connectivity index (χ1) is 6.72. The number of rotatable bonds is 6. The first kappa shape index (κ1) is 12.0. The first-order valence-electron chi connectivity index (χ1n) is 6.09. The van der Waals surface area contributed by atoms with Crippen LogP contribution in [-0.2, 0) is 0 Å². The zero-order chi connectivity index (χ0) is 10.4. The van der Waals surface area contributed by atoms with Gasteiger partial charge in [-0.05, 0) is 57.8 Å². The van der Waals surface area contributed by atoms with Gasteiger partial charge in [-0.2, -0.15) is 0 Å². The van der Waals surface area contributed by atoms with Crippen molar-refractivity contribution in [2.24, 2.45) is 11.8 Å². The fourth-order valence-corrected chi connectivity index (χ4v) is 2.29. The van der Waals surface area contributed by atoms with Crippen LogP contribution in [-0.4, -0.2) is 38.1 Å². The molecule has 84 valence electrons. The van der Waals surface area contributed by atoms with E-state index in [4.69, 9.17) is 0 Å². The lowest BCUT2D eigenvalue weighted by Gasteiger charge is -2.16. The summed E-state index contributed by atoms with van der Waals surface area (Å²) < 4.78 is 0. The van der Waals surface area contributed by atoms with Gasteiger partial charge >= 0.3 is 0 Å². The Morgan fingerprint density at radius 2 is 2.21 bits per heavy atom. The average Bonchev–Trinajstić information content (AvgIpc) is 2.53. The molecule has 0 bridgehead atoms. The minimum absolute atomic E-state index is 0.866. The van der Waals surface area contributed by atoms with Crippen molar-refractivity contribution < 1.29 is 0 Å². The second-order valence-electron chi connectivity index (χ2n) is 5.05. The van der Waals surface area contributed by atoms with E-state index in [-0.39, 0.29) is 0 Å². The smallest absolute Gasteiger partial charge is 0.00223 e. The lowest BCUT2D eigenvalue weighted by molar-refractivity contribution is 0.308. The number of hydrogen-bond donors (Lipinski definition) is 1. The molecule has 0 aromatic carbocycles. The summed E-state index contributed by atoms with van der Waals surface area (Å²) in [4.78, 5) is 2.63. The Balaban J connectivity index is 2.04. The fraction of sp³-hybridized carbons (Fsp3) is 1.00. The van der Waals surface area contributed by atoms with Gasteiger partial charge in [0.2, 0.25) is 0 Å². The molecule has 0 spiro atoms. The lowest BCUT2D eigenvalue weighted by atomic mass is 10.1. The van der Waals surface area contributed by atoms with Crippen LogP contribution in [0.2, 0.25) is 0 Å². The predicted octanol–water partition coefficient (Wildman–Crippen LogP) is 1.96. The van der Waals surface area contributed by atoms with Gasteiger partial charge in [0, 0.05) is 6.54 Å². The Morgan fingerprint density at radius 3 is 2.86 bits per heavy atom. The van der Waals surface area contributed by atoms with E-state index in [1.807, 2.05) is 0 Å². The van der Waals surface area contributed by atoms with E-state index in [1.165, 1.54) is 45.4 Å². The molecule has 1 N–H and O–H groups in total. The first-order valence-corrected chi connectivity index (χ1v) is 6.09. The third-order valence-corrected chi connectivity index (χ3v) is 3.12. The van der Waals surface area contributed by atoms with Gasteiger partial charge < -0.3 is 10.2 Å². The highest BCUT2D eigenvalue weighted by Crippen LogP contribution is 2.16. The number of hydrogen-bond acceptors (Lipinski definition) is 2. The molecule has 1 unspecified atom stereocenters. The molecule has 0 amide bonds. The highest BCUT2D eigenvalue weighted by molar-refractivity contribution is 4.76. The van der Waals surface area contributed by atoms with Crippen LogP contribution in [0.5, 0.6) is 0 Å². The SMILES string of the molecule is CNCC1CCN(CCCC(C)C)C1. The van der Waals surface area contributed by atoms with E-state index in [9.17, 15) is 0 Å². The molecule has 1 aliphatic rings. The van der Waals surface area contributed by atoms with Crippen molar-refractivity contribution in [2.75, 3.05) is 33.2 Å². The maximum atomic E-state index is 3.28. The van der Waals surface area contributed by atoms with E-state index in [2.05, 4.69) is 31.1 Å². The molecule has 2 heteroatoms. The molecule has 0 aromatic rings. The lowest BCUT2D eigenvalue weighted by Crippen LogP contribution is -2.25. The van der Waals surface area contributed by atoms with Gasteiger partial charge in [-0.1, -0.05) is 13.8 Å². The molecule has 1 rings (SSSR count). The van der Waals surface area contributed by atoms with Crippen LogP contribution < -0.4 is 5.32 Å². The molecular formula is C12H26N2. The Hall–Kier alpha value is -0.0800. The molecule has 14 heavy (non-hydrogen) atoms. The Labute approximate surface area is 89.1 Å². The molecule has 1 atom stereocenters. The van der Waals surface area contributed by atoms with Gasteiger partial charge in [-0.3, -0.25) is 0 Å². The summed E-state index contributed by atoms with van der Waals surface area (Å²) >= 11 is 0. The maximum Gasteiger partial charge on any atom is 0.00223 e. The molecular weight excluding hydrogens is 172 g/mol. The van der Waals surface area contributed by atoms with E-state index < -0.39 is 0 Å².